The first-order valence-electron chi connectivity index (χ1n) is 5.83. The number of rotatable bonds is 4. The summed E-state index contributed by atoms with van der Waals surface area (Å²) in [6.07, 6.45) is 0. The van der Waals surface area contributed by atoms with Crippen LogP contribution >= 0.6 is 0 Å². The van der Waals surface area contributed by atoms with Gasteiger partial charge in [0.1, 0.15) is 5.82 Å². The predicted octanol–water partition coefficient (Wildman–Crippen LogP) is 3.84. The van der Waals surface area contributed by atoms with Crippen molar-refractivity contribution in [1.82, 2.24) is 0 Å². The summed E-state index contributed by atoms with van der Waals surface area (Å²) < 4.78 is 25.0. The highest BCUT2D eigenvalue weighted by atomic mass is 32.2. The van der Waals surface area contributed by atoms with Crippen LogP contribution in [0.5, 0.6) is 0 Å². The molecule has 0 radical (unpaired) electrons. The van der Waals surface area contributed by atoms with Crippen molar-refractivity contribution in [3.05, 3.63) is 71.5 Å². The summed E-state index contributed by atoms with van der Waals surface area (Å²) in [6.45, 7) is 1.91. The molecule has 0 amide bonds. The Bertz CT molecular complexity index is 522. The SMILES string of the molecule is CC(c1ccc(F)cc1)S(=O)Cc1ccccc1. The molecule has 2 aromatic rings. The number of halogens is 1. The lowest BCUT2D eigenvalue weighted by atomic mass is 10.2. The summed E-state index contributed by atoms with van der Waals surface area (Å²) in [6, 6.07) is 16.0. The van der Waals surface area contributed by atoms with Crippen molar-refractivity contribution >= 4 is 10.8 Å². The third-order valence-corrected chi connectivity index (χ3v) is 4.56. The van der Waals surface area contributed by atoms with Gasteiger partial charge in [-0.1, -0.05) is 42.5 Å². The lowest BCUT2D eigenvalue weighted by Gasteiger charge is -2.11. The van der Waals surface area contributed by atoms with Crippen molar-refractivity contribution < 1.29 is 8.60 Å². The Morgan fingerprint density at radius 2 is 1.67 bits per heavy atom. The van der Waals surface area contributed by atoms with Crippen LogP contribution in [0.1, 0.15) is 23.3 Å². The lowest BCUT2D eigenvalue weighted by Crippen LogP contribution is -2.05. The second-order valence-corrected chi connectivity index (χ2v) is 5.96. The molecule has 0 fully saturated rings. The van der Waals surface area contributed by atoms with Gasteiger partial charge >= 0.3 is 0 Å². The number of hydrogen-bond donors (Lipinski definition) is 0. The fraction of sp³-hybridized carbons (Fsp3) is 0.200. The highest BCUT2D eigenvalue weighted by Crippen LogP contribution is 2.22. The standard InChI is InChI=1S/C15H15FOS/c1-12(14-7-9-15(16)10-8-14)18(17)11-13-5-3-2-4-6-13/h2-10,12H,11H2,1H3. The Kier molecular flexibility index (Phi) is 4.26. The molecule has 2 aromatic carbocycles. The maximum absolute atomic E-state index is 12.8. The van der Waals surface area contributed by atoms with Crippen LogP contribution in [0.3, 0.4) is 0 Å². The Morgan fingerprint density at radius 3 is 2.28 bits per heavy atom. The third kappa shape index (κ3) is 3.26. The Hall–Kier alpha value is -1.48. The number of hydrogen-bond acceptors (Lipinski definition) is 1. The Labute approximate surface area is 109 Å². The summed E-state index contributed by atoms with van der Waals surface area (Å²) in [7, 11) is -0.996. The molecule has 18 heavy (non-hydrogen) atoms. The van der Waals surface area contributed by atoms with Gasteiger partial charge in [0, 0.05) is 16.6 Å². The van der Waals surface area contributed by atoms with E-state index in [9.17, 15) is 8.60 Å². The Balaban J connectivity index is 2.07. The van der Waals surface area contributed by atoms with E-state index in [1.807, 2.05) is 37.3 Å². The smallest absolute Gasteiger partial charge is 0.123 e. The minimum atomic E-state index is -0.996. The minimum absolute atomic E-state index is 0.0918. The molecule has 0 aliphatic heterocycles. The second kappa shape index (κ2) is 5.91. The van der Waals surface area contributed by atoms with Gasteiger partial charge in [0.25, 0.3) is 0 Å². The summed E-state index contributed by atoms with van der Waals surface area (Å²) in [4.78, 5) is 0. The first-order chi connectivity index (χ1) is 8.66. The Morgan fingerprint density at radius 1 is 1.06 bits per heavy atom. The van der Waals surface area contributed by atoms with E-state index in [0.717, 1.165) is 11.1 Å². The van der Waals surface area contributed by atoms with E-state index in [1.165, 1.54) is 12.1 Å². The van der Waals surface area contributed by atoms with Crippen LogP contribution in [0.4, 0.5) is 4.39 Å². The monoisotopic (exact) mass is 262 g/mol. The summed E-state index contributed by atoms with van der Waals surface area (Å²) in [5, 5.41) is -0.0918. The van der Waals surface area contributed by atoms with Crippen LogP contribution in [-0.4, -0.2) is 4.21 Å². The zero-order chi connectivity index (χ0) is 13.0. The van der Waals surface area contributed by atoms with Gasteiger partial charge in [-0.3, -0.25) is 4.21 Å². The quantitative estimate of drug-likeness (QED) is 0.818. The van der Waals surface area contributed by atoms with E-state index in [1.54, 1.807) is 12.1 Å². The van der Waals surface area contributed by atoms with E-state index >= 15 is 0 Å². The molecular formula is C15H15FOS. The first-order valence-corrected chi connectivity index (χ1v) is 7.21. The van der Waals surface area contributed by atoms with E-state index in [-0.39, 0.29) is 11.1 Å². The molecule has 0 aliphatic carbocycles. The molecule has 0 N–H and O–H groups in total. The molecule has 0 bridgehead atoms. The first kappa shape index (κ1) is 13.0. The van der Waals surface area contributed by atoms with Crippen molar-refractivity contribution in [3.8, 4) is 0 Å². The molecule has 1 nitrogen and oxygen atoms in total. The molecule has 3 heteroatoms. The molecule has 0 heterocycles. The molecule has 0 spiro atoms. The topological polar surface area (TPSA) is 17.1 Å². The van der Waals surface area contributed by atoms with Crippen LogP contribution < -0.4 is 0 Å². The van der Waals surface area contributed by atoms with Gasteiger partial charge < -0.3 is 0 Å². The highest BCUT2D eigenvalue weighted by Gasteiger charge is 2.13. The molecule has 0 aromatic heterocycles. The fourth-order valence-corrected chi connectivity index (χ4v) is 2.98. The normalized spacial score (nSPS) is 14.1. The average molecular weight is 262 g/mol. The van der Waals surface area contributed by atoms with Crippen LogP contribution in [0.15, 0.2) is 54.6 Å². The van der Waals surface area contributed by atoms with Crippen molar-refractivity contribution in [3.63, 3.8) is 0 Å². The molecule has 0 saturated carbocycles. The van der Waals surface area contributed by atoms with Crippen molar-refractivity contribution in [2.45, 2.75) is 17.9 Å². The predicted molar refractivity (Wildman–Crippen MR) is 73.1 cm³/mol. The van der Waals surface area contributed by atoms with Crippen molar-refractivity contribution in [2.24, 2.45) is 0 Å². The lowest BCUT2D eigenvalue weighted by molar-refractivity contribution is 0.626. The molecule has 0 saturated heterocycles. The molecule has 2 atom stereocenters. The summed E-state index contributed by atoms with van der Waals surface area (Å²) in [5.74, 6) is 0.263. The van der Waals surface area contributed by atoms with E-state index in [2.05, 4.69) is 0 Å². The minimum Gasteiger partial charge on any atom is -0.259 e. The van der Waals surface area contributed by atoms with Gasteiger partial charge in [0.05, 0.1) is 5.25 Å². The van der Waals surface area contributed by atoms with E-state index < -0.39 is 10.8 Å². The number of benzene rings is 2. The van der Waals surface area contributed by atoms with Gasteiger partial charge in [-0.25, -0.2) is 4.39 Å². The van der Waals surface area contributed by atoms with Crippen LogP contribution in [0, 0.1) is 5.82 Å². The zero-order valence-electron chi connectivity index (χ0n) is 10.2. The van der Waals surface area contributed by atoms with E-state index in [0.29, 0.717) is 5.75 Å². The molecule has 94 valence electrons. The molecule has 2 unspecified atom stereocenters. The zero-order valence-corrected chi connectivity index (χ0v) is 11.0. The maximum Gasteiger partial charge on any atom is 0.123 e. The van der Waals surface area contributed by atoms with Gasteiger partial charge in [-0.2, -0.15) is 0 Å². The largest absolute Gasteiger partial charge is 0.259 e. The third-order valence-electron chi connectivity index (χ3n) is 2.89. The van der Waals surface area contributed by atoms with Gasteiger partial charge in [-0.15, -0.1) is 0 Å². The summed E-state index contributed by atoms with van der Waals surface area (Å²) >= 11 is 0. The molecule has 0 aliphatic rings. The maximum atomic E-state index is 12.8. The van der Waals surface area contributed by atoms with Gasteiger partial charge in [-0.05, 0) is 30.2 Å². The molecular weight excluding hydrogens is 247 g/mol. The van der Waals surface area contributed by atoms with Crippen molar-refractivity contribution in [1.29, 1.82) is 0 Å². The van der Waals surface area contributed by atoms with E-state index in [4.69, 9.17) is 0 Å². The fourth-order valence-electron chi connectivity index (χ4n) is 1.75. The second-order valence-electron chi connectivity index (χ2n) is 4.20. The van der Waals surface area contributed by atoms with Crippen LogP contribution in [0.2, 0.25) is 0 Å². The van der Waals surface area contributed by atoms with Gasteiger partial charge in [0.2, 0.25) is 0 Å². The molecule has 2 rings (SSSR count). The van der Waals surface area contributed by atoms with Crippen LogP contribution in [0.25, 0.3) is 0 Å². The summed E-state index contributed by atoms with van der Waals surface area (Å²) in [5.41, 5.74) is 1.97. The average Bonchev–Trinajstić information content (AvgIpc) is 2.40. The van der Waals surface area contributed by atoms with Gasteiger partial charge in [0.15, 0.2) is 0 Å². The van der Waals surface area contributed by atoms with Crippen LogP contribution in [-0.2, 0) is 16.6 Å². The highest BCUT2D eigenvalue weighted by molar-refractivity contribution is 7.84. The van der Waals surface area contributed by atoms with Crippen molar-refractivity contribution in [2.75, 3.05) is 0 Å².